The van der Waals surface area contributed by atoms with Gasteiger partial charge in [0.05, 0.1) is 17.5 Å². The lowest BCUT2D eigenvalue weighted by atomic mass is 10.1. The van der Waals surface area contributed by atoms with Crippen molar-refractivity contribution in [2.45, 2.75) is 12.6 Å². The summed E-state index contributed by atoms with van der Waals surface area (Å²) in [4.78, 5) is 16.5. The monoisotopic (exact) mass is 422 g/mol. The Hall–Kier alpha value is -3.87. The van der Waals surface area contributed by atoms with E-state index < -0.39 is 11.7 Å². The number of para-hydroxylation sites is 1. The maximum Gasteiger partial charge on any atom is 0.416 e. The van der Waals surface area contributed by atoms with E-state index in [4.69, 9.17) is 4.74 Å². The van der Waals surface area contributed by atoms with E-state index in [2.05, 4.69) is 10.3 Å². The fraction of sp³-hybridized carbons (Fsp3) is 0.0833. The lowest BCUT2D eigenvalue weighted by Gasteiger charge is -2.10. The van der Waals surface area contributed by atoms with Crippen molar-refractivity contribution >= 4 is 22.5 Å². The van der Waals surface area contributed by atoms with Gasteiger partial charge in [0.2, 0.25) is 5.91 Å². The second kappa shape index (κ2) is 8.47. The zero-order valence-corrected chi connectivity index (χ0v) is 16.2. The number of amides is 1. The number of carbonyl (C=O) groups excluding carboxylic acids is 1. The third-order valence-electron chi connectivity index (χ3n) is 4.62. The molecule has 0 fully saturated rings. The molecule has 0 aliphatic heterocycles. The van der Waals surface area contributed by atoms with Crippen LogP contribution in [0.25, 0.3) is 10.9 Å². The highest BCUT2D eigenvalue weighted by Gasteiger charge is 2.29. The number of benzene rings is 3. The lowest BCUT2D eigenvalue weighted by Crippen LogP contribution is -2.14. The van der Waals surface area contributed by atoms with Crippen LogP contribution < -0.4 is 10.1 Å². The van der Waals surface area contributed by atoms with Crippen LogP contribution in [0.4, 0.5) is 18.9 Å². The number of hydrogen-bond donors (Lipinski definition) is 1. The Bertz CT molecular complexity index is 1200. The molecule has 4 aromatic rings. The van der Waals surface area contributed by atoms with Crippen molar-refractivity contribution in [3.05, 3.63) is 96.2 Å². The second-order valence-electron chi connectivity index (χ2n) is 6.87. The minimum Gasteiger partial charge on any atom is -0.457 e. The quantitative estimate of drug-likeness (QED) is 0.415. The third-order valence-corrected chi connectivity index (χ3v) is 4.62. The van der Waals surface area contributed by atoms with E-state index in [1.165, 1.54) is 12.1 Å². The molecular weight excluding hydrogens is 405 g/mol. The van der Waals surface area contributed by atoms with Gasteiger partial charge in [-0.2, -0.15) is 13.2 Å². The number of carbonyl (C=O) groups is 1. The molecule has 1 aromatic heterocycles. The highest BCUT2D eigenvalue weighted by molar-refractivity contribution is 5.92. The number of halogens is 3. The number of nitrogens with zero attached hydrogens (tertiary/aromatic N) is 1. The maximum atomic E-state index is 12.6. The van der Waals surface area contributed by atoms with Crippen LogP contribution in [0.15, 0.2) is 85.1 Å². The predicted octanol–water partition coefficient (Wildman–Crippen LogP) is 6.23. The van der Waals surface area contributed by atoms with Gasteiger partial charge < -0.3 is 10.1 Å². The Balaban J connectivity index is 1.38. The molecule has 3 aromatic carbocycles. The van der Waals surface area contributed by atoms with Gasteiger partial charge >= 0.3 is 6.18 Å². The van der Waals surface area contributed by atoms with E-state index >= 15 is 0 Å². The Morgan fingerprint density at radius 2 is 1.61 bits per heavy atom. The molecule has 0 aliphatic rings. The first-order chi connectivity index (χ1) is 14.9. The van der Waals surface area contributed by atoms with E-state index in [1.54, 1.807) is 36.5 Å². The van der Waals surface area contributed by atoms with E-state index in [9.17, 15) is 18.0 Å². The Labute approximate surface area is 176 Å². The summed E-state index contributed by atoms with van der Waals surface area (Å²) < 4.78 is 43.8. The highest BCUT2D eigenvalue weighted by Crippen LogP contribution is 2.30. The fourth-order valence-electron chi connectivity index (χ4n) is 3.09. The third kappa shape index (κ3) is 5.01. The van der Waals surface area contributed by atoms with E-state index in [0.717, 1.165) is 23.0 Å². The molecule has 1 amide bonds. The van der Waals surface area contributed by atoms with Crippen LogP contribution in [0.5, 0.6) is 11.5 Å². The molecular formula is C24H17F3N2O2. The van der Waals surface area contributed by atoms with Crippen molar-refractivity contribution in [3.8, 4) is 11.5 Å². The van der Waals surface area contributed by atoms with Crippen molar-refractivity contribution in [2.24, 2.45) is 0 Å². The van der Waals surface area contributed by atoms with Crippen molar-refractivity contribution in [2.75, 3.05) is 5.32 Å². The molecule has 0 spiro atoms. The molecule has 0 bridgehead atoms. The number of aromatic nitrogens is 1. The molecule has 1 heterocycles. The van der Waals surface area contributed by atoms with Gasteiger partial charge in [0.15, 0.2) is 0 Å². The summed E-state index contributed by atoms with van der Waals surface area (Å²) in [5.74, 6) is 0.940. The molecule has 4 rings (SSSR count). The number of hydrogen-bond acceptors (Lipinski definition) is 3. The van der Waals surface area contributed by atoms with Crippen LogP contribution in [0.1, 0.15) is 11.1 Å². The van der Waals surface area contributed by atoms with E-state index in [1.807, 2.05) is 24.3 Å². The van der Waals surface area contributed by atoms with Crippen molar-refractivity contribution < 1.29 is 22.7 Å². The van der Waals surface area contributed by atoms with Crippen LogP contribution in [-0.2, 0) is 17.4 Å². The number of anilines is 1. The Kier molecular flexibility index (Phi) is 5.58. The van der Waals surface area contributed by atoms with Gasteiger partial charge in [-0.05, 0) is 60.2 Å². The summed E-state index contributed by atoms with van der Waals surface area (Å²) in [7, 11) is 0. The minimum atomic E-state index is -4.40. The van der Waals surface area contributed by atoms with Crippen LogP contribution in [0, 0.1) is 0 Å². The smallest absolute Gasteiger partial charge is 0.416 e. The first kappa shape index (κ1) is 20.4. The number of nitrogens with one attached hydrogen (secondary N) is 1. The summed E-state index contributed by atoms with van der Waals surface area (Å²) in [6.45, 7) is 0. The summed E-state index contributed by atoms with van der Waals surface area (Å²) in [5.41, 5.74) is 1.14. The first-order valence-electron chi connectivity index (χ1n) is 9.46. The minimum absolute atomic E-state index is 0.0284. The molecule has 0 radical (unpaired) electrons. The molecule has 156 valence electrons. The number of fused-ring (bicyclic) bond motifs is 1. The summed E-state index contributed by atoms with van der Waals surface area (Å²) in [6, 6.07) is 20.8. The number of alkyl halides is 3. The largest absolute Gasteiger partial charge is 0.457 e. The number of pyridine rings is 1. The Morgan fingerprint density at radius 3 is 2.32 bits per heavy atom. The van der Waals surface area contributed by atoms with E-state index in [0.29, 0.717) is 22.7 Å². The standard InChI is InChI=1S/C24H17F3N2O2/c25-24(26,27)17-7-5-16(6-8-17)15-23(30)29-18-9-11-19(12-10-18)31-22-13-14-28-21-4-2-1-3-20(21)22/h1-14H,15H2,(H,29,30). The molecule has 0 saturated carbocycles. The maximum absolute atomic E-state index is 12.6. The zero-order chi connectivity index (χ0) is 21.8. The topological polar surface area (TPSA) is 51.2 Å². The molecule has 31 heavy (non-hydrogen) atoms. The molecule has 0 atom stereocenters. The van der Waals surface area contributed by atoms with Crippen LogP contribution in [0.2, 0.25) is 0 Å². The second-order valence-corrected chi connectivity index (χ2v) is 6.87. The lowest BCUT2D eigenvalue weighted by molar-refractivity contribution is -0.137. The summed E-state index contributed by atoms with van der Waals surface area (Å²) in [5, 5.41) is 3.62. The molecule has 7 heteroatoms. The average Bonchev–Trinajstić information content (AvgIpc) is 2.75. The molecule has 0 saturated heterocycles. The molecule has 4 nitrogen and oxygen atoms in total. The highest BCUT2D eigenvalue weighted by atomic mass is 19.4. The van der Waals surface area contributed by atoms with Gasteiger partial charge in [-0.1, -0.05) is 24.3 Å². The van der Waals surface area contributed by atoms with Crippen molar-refractivity contribution in [1.29, 1.82) is 0 Å². The predicted molar refractivity (Wildman–Crippen MR) is 112 cm³/mol. The first-order valence-corrected chi connectivity index (χ1v) is 9.46. The van der Waals surface area contributed by atoms with Gasteiger partial charge in [0.25, 0.3) is 0 Å². The fourth-order valence-corrected chi connectivity index (χ4v) is 3.09. The molecule has 1 N–H and O–H groups in total. The number of rotatable bonds is 5. The van der Waals surface area contributed by atoms with Gasteiger partial charge in [-0.25, -0.2) is 0 Å². The van der Waals surface area contributed by atoms with Gasteiger partial charge in [0.1, 0.15) is 11.5 Å². The van der Waals surface area contributed by atoms with Crippen molar-refractivity contribution in [3.63, 3.8) is 0 Å². The summed E-state index contributed by atoms with van der Waals surface area (Å²) in [6.07, 6.45) is -2.75. The SMILES string of the molecule is O=C(Cc1ccc(C(F)(F)F)cc1)Nc1ccc(Oc2ccnc3ccccc23)cc1. The van der Waals surface area contributed by atoms with Gasteiger partial charge in [-0.15, -0.1) is 0 Å². The Morgan fingerprint density at radius 1 is 0.903 bits per heavy atom. The van der Waals surface area contributed by atoms with Crippen molar-refractivity contribution in [1.82, 2.24) is 4.98 Å². The average molecular weight is 422 g/mol. The van der Waals surface area contributed by atoms with Gasteiger partial charge in [0, 0.05) is 17.3 Å². The van der Waals surface area contributed by atoms with Gasteiger partial charge in [-0.3, -0.25) is 9.78 Å². The number of ether oxygens (including phenoxy) is 1. The zero-order valence-electron chi connectivity index (χ0n) is 16.2. The van der Waals surface area contributed by atoms with E-state index in [-0.39, 0.29) is 12.3 Å². The van der Waals surface area contributed by atoms with Crippen LogP contribution in [0.3, 0.4) is 0 Å². The summed E-state index contributed by atoms with van der Waals surface area (Å²) >= 11 is 0. The molecule has 0 unspecified atom stereocenters. The normalized spacial score (nSPS) is 11.3. The molecule has 0 aliphatic carbocycles. The van der Waals surface area contributed by atoms with Crippen LogP contribution >= 0.6 is 0 Å². The van der Waals surface area contributed by atoms with Crippen LogP contribution in [-0.4, -0.2) is 10.9 Å².